The molecule has 1 aromatic carbocycles. The van der Waals surface area contributed by atoms with Crippen molar-refractivity contribution in [1.82, 2.24) is 0 Å². The third kappa shape index (κ3) is 5.20. The summed E-state index contributed by atoms with van der Waals surface area (Å²) in [5.41, 5.74) is 1.28. The Morgan fingerprint density at radius 1 is 1.29 bits per heavy atom. The van der Waals surface area contributed by atoms with Crippen LogP contribution in [0.2, 0.25) is 0 Å². The zero-order valence-corrected chi connectivity index (χ0v) is 11.0. The van der Waals surface area contributed by atoms with Gasteiger partial charge in [-0.05, 0) is 27.3 Å². The van der Waals surface area contributed by atoms with Gasteiger partial charge in [0.25, 0.3) is 0 Å². The Labute approximate surface area is 97.4 Å². The molecule has 0 saturated heterocycles. The largest absolute Gasteiger partial charge is 0.315 e. The summed E-state index contributed by atoms with van der Waals surface area (Å²) in [7, 11) is -1.45. The van der Waals surface area contributed by atoms with Crippen LogP contribution in [0.1, 0.15) is 12.5 Å². The molecule has 1 atom stereocenters. The average molecular weight is 248 g/mol. The van der Waals surface area contributed by atoms with Crippen LogP contribution < -0.4 is 0 Å². The molecule has 0 aromatic heterocycles. The third-order valence-corrected chi connectivity index (χ3v) is 2.92. The van der Waals surface area contributed by atoms with E-state index in [9.17, 15) is 0 Å². The van der Waals surface area contributed by atoms with Crippen molar-refractivity contribution in [2.24, 2.45) is 0 Å². The summed E-state index contributed by atoms with van der Waals surface area (Å²) in [6, 6.07) is 10.3. The molecule has 0 heterocycles. The molecule has 0 fully saturated rings. The summed E-state index contributed by atoms with van der Waals surface area (Å²) in [5, 5.41) is 0. The molecule has 4 heteroatoms. The second-order valence-electron chi connectivity index (χ2n) is 3.36. The molecule has 1 unspecified atom stereocenters. The van der Waals surface area contributed by atoms with Gasteiger partial charge in [0.05, 0.1) is 6.10 Å². The van der Waals surface area contributed by atoms with E-state index < -0.39 is 8.37 Å². The number of hydrogen-bond acceptors (Lipinski definition) is 3. The number of hydrogen-bond donors (Lipinski definition) is 2. The Morgan fingerprint density at radius 2 is 1.86 bits per heavy atom. The first-order chi connectivity index (χ1) is 6.47. The van der Waals surface area contributed by atoms with Gasteiger partial charge in [-0.3, -0.25) is 0 Å². The summed E-state index contributed by atoms with van der Waals surface area (Å²) in [6.45, 7) is 2.05. The van der Waals surface area contributed by atoms with E-state index in [0.717, 1.165) is 6.42 Å². The minimum Gasteiger partial charge on any atom is -0.315 e. The highest BCUT2D eigenvalue weighted by Crippen LogP contribution is 2.55. The molecule has 0 spiro atoms. The van der Waals surface area contributed by atoms with Crippen molar-refractivity contribution in [2.45, 2.75) is 19.4 Å². The van der Waals surface area contributed by atoms with Gasteiger partial charge in [0.2, 0.25) is 0 Å². The van der Waals surface area contributed by atoms with E-state index in [1.807, 2.05) is 31.4 Å². The van der Waals surface area contributed by atoms with Crippen LogP contribution >= 0.6 is 31.7 Å². The van der Waals surface area contributed by atoms with E-state index in [2.05, 4.69) is 35.5 Å². The first-order valence-corrected chi connectivity index (χ1v) is 8.50. The summed E-state index contributed by atoms with van der Waals surface area (Å²) >= 11 is 8.57. The Hall–Kier alpha value is 0.230. The van der Waals surface area contributed by atoms with E-state index in [1.54, 1.807) is 0 Å². The van der Waals surface area contributed by atoms with Crippen LogP contribution in [0.5, 0.6) is 0 Å². The van der Waals surface area contributed by atoms with Crippen LogP contribution in [0.4, 0.5) is 0 Å². The monoisotopic (exact) mass is 248 g/mol. The molecular formula is C10H16OS3. The molecular weight excluding hydrogens is 232 g/mol. The van der Waals surface area contributed by atoms with Crippen LogP contribution in [-0.2, 0) is 10.6 Å². The number of rotatable bonds is 4. The maximum Gasteiger partial charge on any atom is 0.0732 e. The zero-order valence-electron chi connectivity index (χ0n) is 8.38. The minimum absolute atomic E-state index is 0.160. The molecule has 0 saturated carbocycles. The van der Waals surface area contributed by atoms with Crippen molar-refractivity contribution in [1.29, 1.82) is 0 Å². The quantitative estimate of drug-likeness (QED) is 0.610. The van der Waals surface area contributed by atoms with E-state index in [0.29, 0.717) is 0 Å². The fraction of sp³-hybridized carbons (Fsp3) is 0.400. The van der Waals surface area contributed by atoms with Crippen molar-refractivity contribution < 1.29 is 4.18 Å². The minimum atomic E-state index is -1.45. The van der Waals surface area contributed by atoms with Gasteiger partial charge in [-0.1, -0.05) is 53.7 Å². The fourth-order valence-electron chi connectivity index (χ4n) is 1.29. The first kappa shape index (κ1) is 12.3. The molecule has 1 aromatic rings. The smallest absolute Gasteiger partial charge is 0.0732 e. The molecule has 0 amide bonds. The Morgan fingerprint density at radius 3 is 2.36 bits per heavy atom. The van der Waals surface area contributed by atoms with Crippen LogP contribution in [0.15, 0.2) is 30.3 Å². The Balaban J connectivity index is 2.46. The highest BCUT2D eigenvalue weighted by molar-refractivity contribution is 9.15. The molecule has 0 aliphatic rings. The number of benzene rings is 1. The van der Waals surface area contributed by atoms with Crippen molar-refractivity contribution >= 4 is 31.7 Å². The lowest BCUT2D eigenvalue weighted by atomic mass is 10.1. The first-order valence-electron chi connectivity index (χ1n) is 4.43. The van der Waals surface area contributed by atoms with Gasteiger partial charge in [0.1, 0.15) is 0 Å². The normalized spacial score (nSPS) is 15.1. The number of thiol groups is 2. The lowest BCUT2D eigenvalue weighted by Gasteiger charge is -2.27. The Kier molecular flexibility index (Phi) is 4.70. The van der Waals surface area contributed by atoms with Crippen LogP contribution in [0.3, 0.4) is 0 Å². The highest BCUT2D eigenvalue weighted by Gasteiger charge is 2.12. The van der Waals surface area contributed by atoms with Gasteiger partial charge in [-0.2, -0.15) is 0 Å². The van der Waals surface area contributed by atoms with Crippen LogP contribution in [0.25, 0.3) is 0 Å². The second kappa shape index (κ2) is 5.35. The topological polar surface area (TPSA) is 9.23 Å². The maximum atomic E-state index is 5.65. The SMILES string of the molecule is CC(Cc1ccccc1)OS(C)(S)S. The van der Waals surface area contributed by atoms with Gasteiger partial charge in [-0.25, -0.2) is 0 Å². The summed E-state index contributed by atoms with van der Waals surface area (Å²) in [5.74, 6) is 0. The van der Waals surface area contributed by atoms with Crippen LogP contribution in [0, 0.1) is 0 Å². The van der Waals surface area contributed by atoms with Crippen molar-refractivity contribution in [3.05, 3.63) is 35.9 Å². The standard InChI is InChI=1S/C10H16OS3/c1-9(11-14(2,12)13)8-10-6-4-3-5-7-10/h3-7,9,12-13H,8H2,1-2H3. The summed E-state index contributed by atoms with van der Waals surface area (Å²) in [6.07, 6.45) is 2.97. The van der Waals surface area contributed by atoms with Crippen molar-refractivity contribution in [3.8, 4) is 0 Å². The van der Waals surface area contributed by atoms with E-state index in [4.69, 9.17) is 4.18 Å². The van der Waals surface area contributed by atoms with Crippen LogP contribution in [-0.4, -0.2) is 12.4 Å². The summed E-state index contributed by atoms with van der Waals surface area (Å²) < 4.78 is 5.65. The summed E-state index contributed by atoms with van der Waals surface area (Å²) in [4.78, 5) is 0. The molecule has 0 aliphatic carbocycles. The fourth-order valence-corrected chi connectivity index (χ4v) is 2.86. The molecule has 0 bridgehead atoms. The molecule has 0 radical (unpaired) electrons. The average Bonchev–Trinajstić information content (AvgIpc) is 2.02. The zero-order chi connectivity index (χ0) is 10.6. The lowest BCUT2D eigenvalue weighted by Crippen LogP contribution is -2.10. The van der Waals surface area contributed by atoms with E-state index >= 15 is 0 Å². The van der Waals surface area contributed by atoms with Gasteiger partial charge in [0, 0.05) is 6.26 Å². The van der Waals surface area contributed by atoms with Gasteiger partial charge >= 0.3 is 0 Å². The van der Waals surface area contributed by atoms with E-state index in [-0.39, 0.29) is 6.10 Å². The molecule has 1 nitrogen and oxygen atoms in total. The third-order valence-electron chi connectivity index (χ3n) is 1.71. The molecule has 0 N–H and O–H groups in total. The van der Waals surface area contributed by atoms with Crippen molar-refractivity contribution in [2.75, 3.05) is 6.26 Å². The predicted molar refractivity (Wildman–Crippen MR) is 72.2 cm³/mol. The molecule has 14 heavy (non-hydrogen) atoms. The molecule has 0 aliphatic heterocycles. The van der Waals surface area contributed by atoms with Crippen molar-refractivity contribution in [3.63, 3.8) is 0 Å². The highest BCUT2D eigenvalue weighted by atomic mass is 33.5. The Bertz CT molecular complexity index is 268. The van der Waals surface area contributed by atoms with Gasteiger partial charge in [-0.15, -0.1) is 0 Å². The molecule has 80 valence electrons. The van der Waals surface area contributed by atoms with Gasteiger partial charge < -0.3 is 4.18 Å². The second-order valence-corrected chi connectivity index (χ2v) is 10.1. The van der Waals surface area contributed by atoms with Gasteiger partial charge in [0.15, 0.2) is 0 Å². The maximum absolute atomic E-state index is 5.65. The molecule has 1 rings (SSSR count). The van der Waals surface area contributed by atoms with E-state index in [1.165, 1.54) is 5.56 Å². The predicted octanol–water partition coefficient (Wildman–Crippen LogP) is 3.67. The lowest BCUT2D eigenvalue weighted by molar-refractivity contribution is 0.263.